The third-order valence-corrected chi connectivity index (χ3v) is 5.10. The summed E-state index contributed by atoms with van der Waals surface area (Å²) < 4.78 is 5.45. The van der Waals surface area contributed by atoms with Gasteiger partial charge in [-0.05, 0) is 47.9 Å². The van der Waals surface area contributed by atoms with Crippen molar-refractivity contribution in [2.45, 2.75) is 13.3 Å². The van der Waals surface area contributed by atoms with Crippen LogP contribution in [0.25, 0.3) is 11.1 Å². The van der Waals surface area contributed by atoms with Gasteiger partial charge in [-0.25, -0.2) is 4.79 Å². The van der Waals surface area contributed by atoms with Gasteiger partial charge in [0.25, 0.3) is 0 Å². The minimum Gasteiger partial charge on any atom is -0.423 e. The van der Waals surface area contributed by atoms with E-state index in [9.17, 15) is 9.59 Å². The van der Waals surface area contributed by atoms with Crippen LogP contribution < -0.4 is 4.74 Å². The summed E-state index contributed by atoms with van der Waals surface area (Å²) in [6.45, 7) is 1.97. The molecule has 0 aliphatic carbocycles. The summed E-state index contributed by atoms with van der Waals surface area (Å²) >= 11 is 0. The number of ketones is 1. The highest BCUT2D eigenvalue weighted by Crippen LogP contribution is 2.24. The average molecular weight is 406 g/mol. The standard InChI is InChI=1S/C28H22O3/c1-20-7-9-25(10-8-20)28(30)31-26-17-15-23(16-18-26)22-11-13-24(14-12-22)27(29)19-21-5-3-2-4-6-21/h2-18H,19H2,1H3. The molecule has 0 heterocycles. The van der Waals surface area contributed by atoms with Crippen molar-refractivity contribution in [1.29, 1.82) is 0 Å². The van der Waals surface area contributed by atoms with E-state index in [2.05, 4.69) is 0 Å². The van der Waals surface area contributed by atoms with E-state index >= 15 is 0 Å². The van der Waals surface area contributed by atoms with E-state index in [1.807, 2.05) is 85.8 Å². The fourth-order valence-corrected chi connectivity index (χ4v) is 3.30. The molecule has 0 aromatic heterocycles. The molecule has 0 saturated heterocycles. The number of carbonyl (C=O) groups is 2. The molecule has 31 heavy (non-hydrogen) atoms. The van der Waals surface area contributed by atoms with Crippen molar-refractivity contribution >= 4 is 11.8 Å². The van der Waals surface area contributed by atoms with Crippen LogP contribution >= 0.6 is 0 Å². The van der Waals surface area contributed by atoms with E-state index in [1.54, 1.807) is 24.3 Å². The van der Waals surface area contributed by atoms with Crippen molar-refractivity contribution in [3.8, 4) is 16.9 Å². The summed E-state index contributed by atoms with van der Waals surface area (Å²) in [5.74, 6) is 0.203. The maximum atomic E-state index is 12.5. The predicted octanol–water partition coefficient (Wildman–Crippen LogP) is 6.31. The van der Waals surface area contributed by atoms with Gasteiger partial charge < -0.3 is 4.74 Å². The third kappa shape index (κ3) is 5.14. The van der Waals surface area contributed by atoms with E-state index < -0.39 is 0 Å². The Kier molecular flexibility index (Phi) is 6.04. The highest BCUT2D eigenvalue weighted by molar-refractivity contribution is 5.98. The Labute approximate surface area is 181 Å². The predicted molar refractivity (Wildman–Crippen MR) is 122 cm³/mol. The smallest absolute Gasteiger partial charge is 0.343 e. The van der Waals surface area contributed by atoms with Crippen LogP contribution in [0.1, 0.15) is 31.8 Å². The minimum absolute atomic E-state index is 0.0936. The van der Waals surface area contributed by atoms with Crippen LogP contribution in [0.2, 0.25) is 0 Å². The van der Waals surface area contributed by atoms with Crippen LogP contribution in [0.5, 0.6) is 5.75 Å². The van der Waals surface area contributed by atoms with Crippen molar-refractivity contribution in [3.05, 3.63) is 125 Å². The Morgan fingerprint density at radius 2 is 1.19 bits per heavy atom. The zero-order valence-corrected chi connectivity index (χ0v) is 17.2. The maximum Gasteiger partial charge on any atom is 0.343 e. The number of esters is 1. The highest BCUT2D eigenvalue weighted by atomic mass is 16.5. The fourth-order valence-electron chi connectivity index (χ4n) is 3.30. The van der Waals surface area contributed by atoms with Crippen LogP contribution in [0.15, 0.2) is 103 Å². The summed E-state index contributed by atoms with van der Waals surface area (Å²) in [7, 11) is 0. The van der Waals surface area contributed by atoms with E-state index in [0.29, 0.717) is 23.3 Å². The van der Waals surface area contributed by atoms with E-state index in [-0.39, 0.29) is 11.8 Å². The highest BCUT2D eigenvalue weighted by Gasteiger charge is 2.10. The first-order valence-corrected chi connectivity index (χ1v) is 10.1. The summed E-state index contributed by atoms with van der Waals surface area (Å²) in [5, 5.41) is 0. The molecule has 4 aromatic carbocycles. The van der Waals surface area contributed by atoms with Crippen molar-refractivity contribution in [1.82, 2.24) is 0 Å². The number of ether oxygens (including phenoxy) is 1. The molecule has 0 spiro atoms. The lowest BCUT2D eigenvalue weighted by Gasteiger charge is -2.07. The molecule has 3 nitrogen and oxygen atoms in total. The Morgan fingerprint density at radius 1 is 0.645 bits per heavy atom. The van der Waals surface area contributed by atoms with Gasteiger partial charge in [0, 0.05) is 12.0 Å². The molecule has 0 amide bonds. The first-order valence-electron chi connectivity index (χ1n) is 10.1. The number of hydrogen-bond acceptors (Lipinski definition) is 3. The molecular formula is C28H22O3. The van der Waals surface area contributed by atoms with Crippen molar-refractivity contribution < 1.29 is 14.3 Å². The zero-order chi connectivity index (χ0) is 21.6. The molecule has 0 aliphatic heterocycles. The zero-order valence-electron chi connectivity index (χ0n) is 17.2. The lowest BCUT2D eigenvalue weighted by molar-refractivity contribution is 0.0734. The SMILES string of the molecule is Cc1ccc(C(=O)Oc2ccc(-c3ccc(C(=O)Cc4ccccc4)cc3)cc2)cc1. The van der Waals surface area contributed by atoms with Gasteiger partial charge in [-0.3, -0.25) is 4.79 Å². The van der Waals surface area contributed by atoms with Crippen LogP contribution in [0.4, 0.5) is 0 Å². The number of benzene rings is 4. The van der Waals surface area contributed by atoms with Gasteiger partial charge in [-0.1, -0.05) is 84.4 Å². The molecule has 152 valence electrons. The summed E-state index contributed by atoms with van der Waals surface area (Å²) in [6.07, 6.45) is 0.390. The second kappa shape index (κ2) is 9.23. The van der Waals surface area contributed by atoms with Crippen molar-refractivity contribution in [2.75, 3.05) is 0 Å². The summed E-state index contributed by atoms with van der Waals surface area (Å²) in [5.41, 5.74) is 5.28. The molecule has 4 aromatic rings. The molecular weight excluding hydrogens is 384 g/mol. The normalized spacial score (nSPS) is 10.5. The van der Waals surface area contributed by atoms with E-state index in [0.717, 1.165) is 22.3 Å². The topological polar surface area (TPSA) is 43.4 Å². The second-order valence-corrected chi connectivity index (χ2v) is 7.44. The third-order valence-electron chi connectivity index (χ3n) is 5.10. The molecule has 4 rings (SSSR count). The van der Waals surface area contributed by atoms with Gasteiger partial charge in [0.05, 0.1) is 5.56 Å². The van der Waals surface area contributed by atoms with Gasteiger partial charge >= 0.3 is 5.97 Å². The second-order valence-electron chi connectivity index (χ2n) is 7.44. The Bertz CT molecular complexity index is 1170. The van der Waals surface area contributed by atoms with E-state index in [4.69, 9.17) is 4.74 Å². The molecule has 0 aliphatic rings. The Balaban J connectivity index is 1.41. The van der Waals surface area contributed by atoms with Gasteiger partial charge in [0.1, 0.15) is 5.75 Å². The van der Waals surface area contributed by atoms with Gasteiger partial charge in [0.15, 0.2) is 5.78 Å². The molecule has 0 radical (unpaired) electrons. The number of Topliss-reactive ketones (excluding diaryl/α,β-unsaturated/α-hetero) is 1. The lowest BCUT2D eigenvalue weighted by atomic mass is 9.99. The van der Waals surface area contributed by atoms with Crippen LogP contribution in [-0.2, 0) is 6.42 Å². The summed E-state index contributed by atoms with van der Waals surface area (Å²) in [4.78, 5) is 24.8. The lowest BCUT2D eigenvalue weighted by Crippen LogP contribution is -2.08. The molecule has 0 bridgehead atoms. The largest absolute Gasteiger partial charge is 0.423 e. The Morgan fingerprint density at radius 3 is 1.81 bits per heavy atom. The van der Waals surface area contributed by atoms with E-state index in [1.165, 1.54) is 0 Å². The van der Waals surface area contributed by atoms with Crippen LogP contribution in [0, 0.1) is 6.92 Å². The molecule has 0 saturated carbocycles. The number of aryl methyl sites for hydroxylation is 1. The van der Waals surface area contributed by atoms with Gasteiger partial charge in [-0.15, -0.1) is 0 Å². The number of rotatable bonds is 6. The first-order chi connectivity index (χ1) is 15.1. The first kappa shape index (κ1) is 20.3. The molecule has 3 heteroatoms. The van der Waals surface area contributed by atoms with Gasteiger partial charge in [-0.2, -0.15) is 0 Å². The Hall–Kier alpha value is -3.98. The van der Waals surface area contributed by atoms with Gasteiger partial charge in [0.2, 0.25) is 0 Å². The molecule has 0 N–H and O–H groups in total. The minimum atomic E-state index is -0.381. The average Bonchev–Trinajstić information content (AvgIpc) is 2.81. The monoisotopic (exact) mass is 406 g/mol. The number of hydrogen-bond donors (Lipinski definition) is 0. The van der Waals surface area contributed by atoms with Crippen LogP contribution in [0.3, 0.4) is 0 Å². The van der Waals surface area contributed by atoms with Crippen LogP contribution in [-0.4, -0.2) is 11.8 Å². The molecule has 0 unspecified atom stereocenters. The van der Waals surface area contributed by atoms with Crippen molar-refractivity contribution in [2.24, 2.45) is 0 Å². The maximum absolute atomic E-state index is 12.5. The number of carbonyl (C=O) groups excluding carboxylic acids is 2. The fraction of sp³-hybridized carbons (Fsp3) is 0.0714. The van der Waals surface area contributed by atoms with Crippen molar-refractivity contribution in [3.63, 3.8) is 0 Å². The molecule has 0 atom stereocenters. The quantitative estimate of drug-likeness (QED) is 0.214. The summed E-state index contributed by atoms with van der Waals surface area (Å²) in [6, 6.07) is 31.9. The molecule has 0 fully saturated rings.